The number of hydrogen-bond acceptors (Lipinski definition) is 5. The van der Waals surface area contributed by atoms with Gasteiger partial charge in [0.05, 0.1) is 18.0 Å². The Morgan fingerprint density at radius 3 is 2.14 bits per heavy atom. The molecule has 2 atom stereocenters. The maximum atomic E-state index is 12.3. The van der Waals surface area contributed by atoms with Crippen molar-refractivity contribution < 1.29 is 22.7 Å². The molecule has 2 rings (SSSR count). The van der Waals surface area contributed by atoms with Crippen LogP contribution in [0.3, 0.4) is 0 Å². The van der Waals surface area contributed by atoms with E-state index < -0.39 is 10.0 Å². The number of hydrogen-bond donors (Lipinski definition) is 2. The maximum Gasteiger partial charge on any atom is 0.258 e. The van der Waals surface area contributed by atoms with Gasteiger partial charge in [-0.3, -0.25) is 4.79 Å². The summed E-state index contributed by atoms with van der Waals surface area (Å²) < 4.78 is 37.7. The van der Waals surface area contributed by atoms with Crippen molar-refractivity contribution in [3.05, 3.63) is 54.1 Å². The molecule has 1 amide bonds. The first-order chi connectivity index (χ1) is 13.7. The topological polar surface area (TPSA) is 93.7 Å². The van der Waals surface area contributed by atoms with Gasteiger partial charge in [0, 0.05) is 6.04 Å². The van der Waals surface area contributed by atoms with Crippen molar-refractivity contribution in [1.29, 1.82) is 0 Å². The number of rotatable bonds is 10. The van der Waals surface area contributed by atoms with Crippen molar-refractivity contribution in [3.63, 3.8) is 0 Å². The van der Waals surface area contributed by atoms with E-state index in [1.807, 2.05) is 38.1 Å². The number of nitrogens with one attached hydrogen (secondary N) is 2. The Morgan fingerprint density at radius 1 is 1.00 bits per heavy atom. The number of ether oxygens (including phenoxy) is 2. The summed E-state index contributed by atoms with van der Waals surface area (Å²) in [6.07, 6.45) is 0.699. The molecule has 2 aromatic carbocycles. The van der Waals surface area contributed by atoms with Crippen LogP contribution in [0, 0.1) is 0 Å². The van der Waals surface area contributed by atoms with Gasteiger partial charge in [-0.05, 0) is 62.2 Å². The molecule has 0 unspecified atom stereocenters. The third-order valence-corrected chi connectivity index (χ3v) is 6.07. The van der Waals surface area contributed by atoms with Gasteiger partial charge >= 0.3 is 0 Å². The molecule has 0 aliphatic carbocycles. The summed E-state index contributed by atoms with van der Waals surface area (Å²) in [5.41, 5.74) is 0.947. The van der Waals surface area contributed by atoms with E-state index in [0.29, 0.717) is 12.2 Å². The smallest absolute Gasteiger partial charge is 0.258 e. The average molecular weight is 421 g/mol. The quantitative estimate of drug-likeness (QED) is 0.616. The highest BCUT2D eigenvalue weighted by Crippen LogP contribution is 2.18. The molecule has 2 N–H and O–H groups in total. The zero-order valence-electron chi connectivity index (χ0n) is 17.1. The second kappa shape index (κ2) is 10.3. The summed E-state index contributed by atoms with van der Waals surface area (Å²) in [6.45, 7) is 5.42. The molecule has 8 heteroatoms. The number of benzene rings is 2. The van der Waals surface area contributed by atoms with Gasteiger partial charge in [0.25, 0.3) is 5.91 Å². The van der Waals surface area contributed by atoms with E-state index in [9.17, 15) is 13.2 Å². The monoisotopic (exact) mass is 420 g/mol. The zero-order chi connectivity index (χ0) is 21.4. The standard InChI is InChI=1S/C21H28N2O5S/c1-5-15(2)23-29(25,26)20-12-10-19(11-13-20)28-14-21(24)22-16(3)17-6-8-18(27-4)9-7-17/h6-13,15-16,23H,5,14H2,1-4H3,(H,22,24)/t15-,16-/m0/s1. The van der Waals surface area contributed by atoms with Gasteiger partial charge in [-0.15, -0.1) is 0 Å². The Kier molecular flexibility index (Phi) is 8.04. The van der Waals surface area contributed by atoms with Crippen LogP contribution in [-0.4, -0.2) is 34.1 Å². The van der Waals surface area contributed by atoms with Gasteiger partial charge in [0.1, 0.15) is 11.5 Å². The van der Waals surface area contributed by atoms with Crippen LogP contribution in [0.1, 0.15) is 38.8 Å². The minimum absolute atomic E-state index is 0.146. The highest BCUT2D eigenvalue weighted by atomic mass is 32.2. The molecule has 29 heavy (non-hydrogen) atoms. The fourth-order valence-corrected chi connectivity index (χ4v) is 3.87. The number of carbonyl (C=O) groups is 1. The highest BCUT2D eigenvalue weighted by molar-refractivity contribution is 7.89. The first kappa shape index (κ1) is 22.7. The third-order valence-electron chi connectivity index (χ3n) is 4.47. The summed E-state index contributed by atoms with van der Waals surface area (Å²) in [5.74, 6) is 0.892. The van der Waals surface area contributed by atoms with E-state index in [-0.39, 0.29) is 29.5 Å². The first-order valence-electron chi connectivity index (χ1n) is 9.43. The largest absolute Gasteiger partial charge is 0.497 e. The van der Waals surface area contributed by atoms with Crippen LogP contribution < -0.4 is 19.5 Å². The average Bonchev–Trinajstić information content (AvgIpc) is 2.72. The lowest BCUT2D eigenvalue weighted by Crippen LogP contribution is -2.32. The molecule has 0 bridgehead atoms. The zero-order valence-corrected chi connectivity index (χ0v) is 18.0. The van der Waals surface area contributed by atoms with E-state index in [2.05, 4.69) is 10.0 Å². The van der Waals surface area contributed by atoms with Crippen molar-refractivity contribution in [1.82, 2.24) is 10.0 Å². The van der Waals surface area contributed by atoms with Crippen molar-refractivity contribution in [2.24, 2.45) is 0 Å². The molecule has 0 heterocycles. The van der Waals surface area contributed by atoms with E-state index in [4.69, 9.17) is 9.47 Å². The Balaban J connectivity index is 1.88. The highest BCUT2D eigenvalue weighted by Gasteiger charge is 2.16. The van der Waals surface area contributed by atoms with Gasteiger partial charge in [-0.25, -0.2) is 13.1 Å². The number of amides is 1. The maximum absolute atomic E-state index is 12.3. The Hall–Kier alpha value is -2.58. The first-order valence-corrected chi connectivity index (χ1v) is 10.9. The summed E-state index contributed by atoms with van der Waals surface area (Å²) in [4.78, 5) is 12.3. The van der Waals surface area contributed by atoms with Crippen molar-refractivity contribution >= 4 is 15.9 Å². The van der Waals surface area contributed by atoms with Crippen molar-refractivity contribution in [3.8, 4) is 11.5 Å². The minimum Gasteiger partial charge on any atom is -0.497 e. The van der Waals surface area contributed by atoms with E-state index >= 15 is 0 Å². The van der Waals surface area contributed by atoms with Gasteiger partial charge in [0.15, 0.2) is 6.61 Å². The third kappa shape index (κ3) is 6.76. The lowest BCUT2D eigenvalue weighted by molar-refractivity contribution is -0.123. The van der Waals surface area contributed by atoms with Gasteiger partial charge in [-0.1, -0.05) is 19.1 Å². The molecule has 0 fully saturated rings. The van der Waals surface area contributed by atoms with Gasteiger partial charge in [0.2, 0.25) is 10.0 Å². The second-order valence-electron chi connectivity index (χ2n) is 6.75. The molecule has 0 spiro atoms. The SMILES string of the molecule is CC[C@H](C)NS(=O)(=O)c1ccc(OCC(=O)N[C@@H](C)c2ccc(OC)cc2)cc1. The van der Waals surface area contributed by atoms with Crippen LogP contribution in [-0.2, 0) is 14.8 Å². The van der Waals surface area contributed by atoms with E-state index in [0.717, 1.165) is 11.3 Å². The molecule has 0 saturated heterocycles. The summed E-state index contributed by atoms with van der Waals surface area (Å²) in [7, 11) is -1.97. The molecule has 0 saturated carbocycles. The Morgan fingerprint density at radius 2 is 1.59 bits per heavy atom. The molecule has 0 radical (unpaired) electrons. The Labute approximate surface area is 172 Å². The fourth-order valence-electron chi connectivity index (χ4n) is 2.54. The van der Waals surface area contributed by atoms with Crippen LogP contribution in [0.25, 0.3) is 0 Å². The predicted octanol–water partition coefficient (Wildman–Crippen LogP) is 3.03. The number of carbonyl (C=O) groups excluding carboxylic acids is 1. The van der Waals surface area contributed by atoms with Gasteiger partial charge in [-0.2, -0.15) is 0 Å². The molecule has 0 aliphatic rings. The predicted molar refractivity (Wildman–Crippen MR) is 112 cm³/mol. The summed E-state index contributed by atoms with van der Waals surface area (Å²) >= 11 is 0. The molecule has 0 aliphatic heterocycles. The van der Waals surface area contributed by atoms with E-state index in [1.165, 1.54) is 24.3 Å². The molecular formula is C21H28N2O5S. The summed E-state index contributed by atoms with van der Waals surface area (Å²) in [6, 6.07) is 13.1. The van der Waals surface area contributed by atoms with Crippen molar-refractivity contribution in [2.45, 2.75) is 44.2 Å². The fraction of sp³-hybridized carbons (Fsp3) is 0.381. The van der Waals surface area contributed by atoms with Crippen LogP contribution in [0.4, 0.5) is 0 Å². The van der Waals surface area contributed by atoms with Crippen molar-refractivity contribution in [2.75, 3.05) is 13.7 Å². The second-order valence-corrected chi connectivity index (χ2v) is 8.47. The molecular weight excluding hydrogens is 392 g/mol. The minimum atomic E-state index is -3.57. The molecule has 7 nitrogen and oxygen atoms in total. The lowest BCUT2D eigenvalue weighted by atomic mass is 10.1. The van der Waals surface area contributed by atoms with Crippen LogP contribution >= 0.6 is 0 Å². The molecule has 2 aromatic rings. The number of methoxy groups -OCH3 is 1. The normalized spacial score (nSPS) is 13.4. The Bertz CT molecular complexity index is 896. The van der Waals surface area contributed by atoms with Gasteiger partial charge < -0.3 is 14.8 Å². The summed E-state index contributed by atoms with van der Waals surface area (Å²) in [5, 5.41) is 2.86. The van der Waals surface area contributed by atoms with E-state index in [1.54, 1.807) is 14.0 Å². The number of sulfonamides is 1. The molecule has 158 valence electrons. The molecule has 0 aromatic heterocycles. The van der Waals surface area contributed by atoms with Crippen LogP contribution in [0.15, 0.2) is 53.4 Å². The van der Waals surface area contributed by atoms with Crippen LogP contribution in [0.5, 0.6) is 11.5 Å². The van der Waals surface area contributed by atoms with Crippen LogP contribution in [0.2, 0.25) is 0 Å². The lowest BCUT2D eigenvalue weighted by Gasteiger charge is -2.15.